The number of hydrogen-bond acceptors (Lipinski definition) is 5. The van der Waals surface area contributed by atoms with Gasteiger partial charge in [0.25, 0.3) is 0 Å². The van der Waals surface area contributed by atoms with E-state index in [9.17, 15) is 13.2 Å². The molecule has 0 aliphatic rings. The van der Waals surface area contributed by atoms with Crippen molar-refractivity contribution in [1.82, 2.24) is 9.97 Å². The van der Waals surface area contributed by atoms with Gasteiger partial charge in [-0.15, -0.1) is 0 Å². The third-order valence-corrected chi connectivity index (χ3v) is 4.98. The summed E-state index contributed by atoms with van der Waals surface area (Å²) in [7, 11) is 0. The standard InChI is InChI=1S/C25H29F3N4O/c1-5-6-15-33-20-13-11-18(12-14-20)30-22-21(25(26,27)28)16-29-23(32-22)31-19-9-7-17(8-10-19)24(2,3)4/h7-14,16H,5-6,15H2,1-4H3,(H2,29,30,31,32). The van der Waals surface area contributed by atoms with E-state index in [1.54, 1.807) is 24.3 Å². The molecule has 0 aliphatic heterocycles. The average Bonchev–Trinajstić information content (AvgIpc) is 2.74. The number of aromatic nitrogens is 2. The van der Waals surface area contributed by atoms with Crippen LogP contribution in [0.25, 0.3) is 0 Å². The van der Waals surface area contributed by atoms with E-state index in [4.69, 9.17) is 4.74 Å². The third kappa shape index (κ3) is 6.84. The molecule has 2 aromatic carbocycles. The van der Waals surface area contributed by atoms with Crippen molar-refractivity contribution in [1.29, 1.82) is 0 Å². The quantitative estimate of drug-likeness (QED) is 0.343. The second-order valence-electron chi connectivity index (χ2n) is 8.76. The summed E-state index contributed by atoms with van der Waals surface area (Å²) in [6.07, 6.45) is -1.86. The van der Waals surface area contributed by atoms with Gasteiger partial charge in [0.15, 0.2) is 0 Å². The zero-order chi connectivity index (χ0) is 24.1. The number of benzene rings is 2. The van der Waals surface area contributed by atoms with Crippen LogP contribution in [0.1, 0.15) is 51.7 Å². The van der Waals surface area contributed by atoms with E-state index in [2.05, 4.69) is 48.3 Å². The predicted octanol–water partition coefficient (Wildman–Crippen LogP) is 7.46. The number of unbranched alkanes of at least 4 members (excludes halogenated alkanes) is 1. The zero-order valence-corrected chi connectivity index (χ0v) is 19.3. The molecule has 0 radical (unpaired) electrons. The van der Waals surface area contributed by atoms with Gasteiger partial charge in [-0.3, -0.25) is 0 Å². The number of nitrogens with zero attached hydrogens (tertiary/aromatic N) is 2. The maximum Gasteiger partial charge on any atom is 0.421 e. The minimum absolute atomic E-state index is 0.00291. The summed E-state index contributed by atoms with van der Waals surface area (Å²) in [5.41, 5.74) is 1.34. The Morgan fingerprint density at radius 1 is 0.879 bits per heavy atom. The number of nitrogens with one attached hydrogen (secondary N) is 2. The first-order chi connectivity index (χ1) is 15.6. The fourth-order valence-corrected chi connectivity index (χ4v) is 3.03. The molecule has 0 saturated carbocycles. The van der Waals surface area contributed by atoms with Crippen LogP contribution >= 0.6 is 0 Å². The van der Waals surface area contributed by atoms with E-state index in [0.29, 0.717) is 23.7 Å². The molecule has 33 heavy (non-hydrogen) atoms. The largest absolute Gasteiger partial charge is 0.494 e. The molecule has 0 amide bonds. The van der Waals surface area contributed by atoms with Crippen molar-refractivity contribution < 1.29 is 17.9 Å². The molecule has 0 saturated heterocycles. The minimum atomic E-state index is -4.60. The van der Waals surface area contributed by atoms with Gasteiger partial charge in [0.05, 0.1) is 6.61 Å². The molecular formula is C25H29F3N4O. The Bertz CT molecular complexity index is 1040. The van der Waals surface area contributed by atoms with Crippen molar-refractivity contribution in [3.8, 4) is 5.75 Å². The van der Waals surface area contributed by atoms with E-state index in [0.717, 1.165) is 24.6 Å². The molecule has 2 N–H and O–H groups in total. The Morgan fingerprint density at radius 3 is 2.06 bits per heavy atom. The van der Waals surface area contributed by atoms with Crippen molar-refractivity contribution in [2.45, 2.75) is 52.1 Å². The van der Waals surface area contributed by atoms with E-state index >= 15 is 0 Å². The summed E-state index contributed by atoms with van der Waals surface area (Å²) in [5.74, 6) is 0.397. The van der Waals surface area contributed by atoms with Crippen LogP contribution in [0.2, 0.25) is 0 Å². The third-order valence-electron chi connectivity index (χ3n) is 4.98. The first-order valence-electron chi connectivity index (χ1n) is 10.9. The summed E-state index contributed by atoms with van der Waals surface area (Å²) < 4.78 is 46.2. The topological polar surface area (TPSA) is 59.1 Å². The van der Waals surface area contributed by atoms with Crippen LogP contribution < -0.4 is 15.4 Å². The number of alkyl halides is 3. The number of halogens is 3. The normalized spacial score (nSPS) is 11.8. The van der Waals surface area contributed by atoms with Crippen molar-refractivity contribution in [3.63, 3.8) is 0 Å². The summed E-state index contributed by atoms with van der Waals surface area (Å²) in [5, 5.41) is 5.74. The Kier molecular flexibility index (Phi) is 7.46. The van der Waals surface area contributed by atoms with Gasteiger partial charge in [-0.2, -0.15) is 18.2 Å². The molecule has 176 valence electrons. The molecule has 0 aliphatic carbocycles. The maximum atomic E-state index is 13.5. The average molecular weight is 459 g/mol. The molecular weight excluding hydrogens is 429 g/mol. The second-order valence-corrected chi connectivity index (χ2v) is 8.76. The summed E-state index contributed by atoms with van der Waals surface area (Å²) in [6.45, 7) is 8.99. The molecule has 0 bridgehead atoms. The van der Waals surface area contributed by atoms with Gasteiger partial charge < -0.3 is 15.4 Å². The molecule has 1 aromatic heterocycles. The van der Waals surface area contributed by atoms with Gasteiger partial charge in [-0.05, 0) is 53.8 Å². The lowest BCUT2D eigenvalue weighted by atomic mass is 9.87. The first-order valence-corrected chi connectivity index (χ1v) is 10.9. The molecule has 0 fully saturated rings. The van der Waals surface area contributed by atoms with Crippen LogP contribution in [0.4, 0.5) is 36.3 Å². The van der Waals surface area contributed by atoms with Crippen LogP contribution in [-0.4, -0.2) is 16.6 Å². The van der Waals surface area contributed by atoms with Crippen LogP contribution in [0.15, 0.2) is 54.7 Å². The van der Waals surface area contributed by atoms with Gasteiger partial charge in [-0.25, -0.2) is 4.98 Å². The fourth-order valence-electron chi connectivity index (χ4n) is 3.03. The highest BCUT2D eigenvalue weighted by atomic mass is 19.4. The number of hydrogen-bond donors (Lipinski definition) is 2. The van der Waals surface area contributed by atoms with E-state index in [-0.39, 0.29) is 17.2 Å². The molecule has 0 unspecified atom stereocenters. The first kappa shape index (κ1) is 24.4. The lowest BCUT2D eigenvalue weighted by Gasteiger charge is -2.19. The Hall–Kier alpha value is -3.29. The Morgan fingerprint density at radius 2 is 1.48 bits per heavy atom. The van der Waals surface area contributed by atoms with Crippen LogP contribution in [-0.2, 0) is 11.6 Å². The highest BCUT2D eigenvalue weighted by Gasteiger charge is 2.35. The Balaban J connectivity index is 1.80. The smallest absolute Gasteiger partial charge is 0.421 e. The van der Waals surface area contributed by atoms with Crippen molar-refractivity contribution in [2.24, 2.45) is 0 Å². The lowest BCUT2D eigenvalue weighted by molar-refractivity contribution is -0.137. The van der Waals surface area contributed by atoms with Gasteiger partial charge >= 0.3 is 6.18 Å². The molecule has 3 aromatic rings. The second kappa shape index (κ2) is 10.1. The highest BCUT2D eigenvalue weighted by Crippen LogP contribution is 2.35. The van der Waals surface area contributed by atoms with Gasteiger partial charge in [0, 0.05) is 17.6 Å². The summed E-state index contributed by atoms with van der Waals surface area (Å²) >= 11 is 0. The van der Waals surface area contributed by atoms with Gasteiger partial charge in [0.2, 0.25) is 5.95 Å². The van der Waals surface area contributed by atoms with Gasteiger partial charge in [-0.1, -0.05) is 46.2 Å². The molecule has 0 atom stereocenters. The summed E-state index contributed by atoms with van der Waals surface area (Å²) in [4.78, 5) is 7.97. The molecule has 8 heteroatoms. The van der Waals surface area contributed by atoms with Gasteiger partial charge in [0.1, 0.15) is 17.1 Å². The number of anilines is 4. The monoisotopic (exact) mass is 458 g/mol. The van der Waals surface area contributed by atoms with E-state index in [1.807, 2.05) is 24.3 Å². The van der Waals surface area contributed by atoms with E-state index in [1.165, 1.54) is 0 Å². The summed E-state index contributed by atoms with van der Waals surface area (Å²) in [6, 6.07) is 14.4. The zero-order valence-electron chi connectivity index (χ0n) is 19.3. The molecule has 1 heterocycles. The van der Waals surface area contributed by atoms with Crippen LogP contribution in [0, 0.1) is 0 Å². The van der Waals surface area contributed by atoms with Crippen molar-refractivity contribution >= 4 is 23.1 Å². The van der Waals surface area contributed by atoms with Crippen molar-refractivity contribution in [3.05, 3.63) is 65.9 Å². The highest BCUT2D eigenvalue weighted by molar-refractivity contribution is 5.63. The minimum Gasteiger partial charge on any atom is -0.494 e. The van der Waals surface area contributed by atoms with Crippen LogP contribution in [0.5, 0.6) is 5.75 Å². The fraction of sp³-hybridized carbons (Fsp3) is 0.360. The van der Waals surface area contributed by atoms with E-state index < -0.39 is 11.7 Å². The van der Waals surface area contributed by atoms with Crippen LogP contribution in [0.3, 0.4) is 0 Å². The lowest BCUT2D eigenvalue weighted by Crippen LogP contribution is -2.13. The number of ether oxygens (including phenoxy) is 1. The molecule has 5 nitrogen and oxygen atoms in total. The SMILES string of the molecule is CCCCOc1ccc(Nc2nc(Nc3ccc(C(C)(C)C)cc3)ncc2C(F)(F)F)cc1. The molecule has 3 rings (SSSR count). The Labute approximate surface area is 192 Å². The number of rotatable bonds is 8. The maximum absolute atomic E-state index is 13.5. The van der Waals surface area contributed by atoms with Crippen molar-refractivity contribution in [2.75, 3.05) is 17.2 Å². The predicted molar refractivity (Wildman–Crippen MR) is 126 cm³/mol. The molecule has 0 spiro atoms.